The van der Waals surface area contributed by atoms with Gasteiger partial charge in [-0.25, -0.2) is 9.78 Å². The topological polar surface area (TPSA) is 59.5 Å². The Morgan fingerprint density at radius 1 is 1.40 bits per heavy atom. The molecule has 20 heavy (non-hydrogen) atoms. The van der Waals surface area contributed by atoms with Gasteiger partial charge in [-0.05, 0) is 33.8 Å². The summed E-state index contributed by atoms with van der Waals surface area (Å²) in [7, 11) is 1.49. The van der Waals surface area contributed by atoms with Gasteiger partial charge in [0, 0.05) is 18.8 Å². The minimum absolute atomic E-state index is 0.178. The second-order valence-corrected chi connectivity index (χ2v) is 6.00. The fourth-order valence-electron chi connectivity index (χ4n) is 1.61. The second kappa shape index (κ2) is 5.79. The van der Waals surface area contributed by atoms with Crippen LogP contribution in [0.3, 0.4) is 0 Å². The standard InChI is InChI=1S/C14H19ClN2O3/c1-13(2,3)20-12(19)17(5)14(4,9-18)10-7-6-8-16-11(10)15/h6-9H,1-5H3. The largest absolute Gasteiger partial charge is 0.444 e. The molecule has 6 heteroatoms. The van der Waals surface area contributed by atoms with Crippen molar-refractivity contribution in [3.8, 4) is 0 Å². The Morgan fingerprint density at radius 2 is 2.00 bits per heavy atom. The summed E-state index contributed by atoms with van der Waals surface area (Å²) >= 11 is 6.02. The number of hydrogen-bond donors (Lipinski definition) is 0. The predicted molar refractivity (Wildman–Crippen MR) is 76.7 cm³/mol. The fourth-order valence-corrected chi connectivity index (χ4v) is 1.92. The molecule has 0 radical (unpaired) electrons. The molecular formula is C14H19ClN2O3. The highest BCUT2D eigenvalue weighted by molar-refractivity contribution is 6.30. The summed E-state index contributed by atoms with van der Waals surface area (Å²) in [6.45, 7) is 6.86. The number of ether oxygens (including phenoxy) is 1. The molecule has 1 unspecified atom stereocenters. The van der Waals surface area contributed by atoms with Crippen LogP contribution in [0.2, 0.25) is 5.15 Å². The Labute approximate surface area is 123 Å². The monoisotopic (exact) mass is 298 g/mol. The molecule has 0 saturated carbocycles. The van der Waals surface area contributed by atoms with Crippen molar-refractivity contribution in [3.05, 3.63) is 29.0 Å². The number of carbonyl (C=O) groups excluding carboxylic acids is 2. The van der Waals surface area contributed by atoms with E-state index >= 15 is 0 Å². The molecule has 0 saturated heterocycles. The normalized spacial score (nSPS) is 14.3. The average molecular weight is 299 g/mol. The molecule has 0 aliphatic heterocycles. The summed E-state index contributed by atoms with van der Waals surface area (Å²) in [5.41, 5.74) is -1.44. The van der Waals surface area contributed by atoms with Crippen molar-refractivity contribution in [2.75, 3.05) is 7.05 Å². The lowest BCUT2D eigenvalue weighted by atomic mass is 9.94. The van der Waals surface area contributed by atoms with Crippen LogP contribution >= 0.6 is 11.6 Å². The molecule has 1 heterocycles. The van der Waals surface area contributed by atoms with Gasteiger partial charge in [-0.3, -0.25) is 4.90 Å². The smallest absolute Gasteiger partial charge is 0.411 e. The number of likely N-dealkylation sites (N-methyl/N-ethyl adjacent to an activating group) is 1. The maximum Gasteiger partial charge on any atom is 0.411 e. The third-order valence-corrected chi connectivity index (χ3v) is 3.20. The van der Waals surface area contributed by atoms with Crippen LogP contribution in [-0.4, -0.2) is 34.9 Å². The zero-order valence-electron chi connectivity index (χ0n) is 12.3. The number of nitrogens with zero attached hydrogens (tertiary/aromatic N) is 2. The molecule has 0 N–H and O–H groups in total. The first-order chi connectivity index (χ1) is 9.12. The number of pyridine rings is 1. The van der Waals surface area contributed by atoms with Gasteiger partial charge >= 0.3 is 6.09 Å². The number of aldehydes is 1. The number of hydrogen-bond acceptors (Lipinski definition) is 4. The minimum Gasteiger partial charge on any atom is -0.444 e. The van der Waals surface area contributed by atoms with E-state index in [2.05, 4.69) is 4.98 Å². The Kier molecular flexibility index (Phi) is 4.76. The maximum absolute atomic E-state index is 12.1. The van der Waals surface area contributed by atoms with E-state index in [0.29, 0.717) is 11.8 Å². The van der Waals surface area contributed by atoms with Crippen LogP contribution in [-0.2, 0) is 15.1 Å². The maximum atomic E-state index is 12.1. The van der Waals surface area contributed by atoms with Crippen LogP contribution in [0, 0.1) is 0 Å². The van der Waals surface area contributed by atoms with Crippen molar-refractivity contribution in [1.82, 2.24) is 9.88 Å². The van der Waals surface area contributed by atoms with Crippen LogP contribution in [0.1, 0.15) is 33.3 Å². The summed E-state index contributed by atoms with van der Waals surface area (Å²) in [5, 5.41) is 0.178. The number of halogens is 1. The molecule has 0 spiro atoms. The van der Waals surface area contributed by atoms with E-state index in [1.54, 1.807) is 39.8 Å². The predicted octanol–water partition coefficient (Wildman–Crippen LogP) is 3.02. The van der Waals surface area contributed by atoms with E-state index in [1.165, 1.54) is 18.1 Å². The molecular weight excluding hydrogens is 280 g/mol. The second-order valence-electron chi connectivity index (χ2n) is 5.65. The molecule has 1 rings (SSSR count). The number of rotatable bonds is 3. The summed E-state index contributed by atoms with van der Waals surface area (Å²) in [6, 6.07) is 3.32. The van der Waals surface area contributed by atoms with Crippen molar-refractivity contribution in [3.63, 3.8) is 0 Å². The van der Waals surface area contributed by atoms with Gasteiger partial charge in [-0.1, -0.05) is 17.7 Å². The van der Waals surface area contributed by atoms with Crippen LogP contribution in [0.15, 0.2) is 18.3 Å². The Bertz CT molecular complexity index is 513. The lowest BCUT2D eigenvalue weighted by molar-refractivity contribution is -0.117. The Balaban J connectivity index is 3.14. The molecule has 0 aliphatic rings. The molecule has 0 aliphatic carbocycles. The average Bonchev–Trinajstić information content (AvgIpc) is 2.35. The van der Waals surface area contributed by atoms with Crippen LogP contribution < -0.4 is 0 Å². The van der Waals surface area contributed by atoms with Crippen molar-refractivity contribution >= 4 is 24.0 Å². The zero-order valence-corrected chi connectivity index (χ0v) is 13.1. The first-order valence-electron chi connectivity index (χ1n) is 6.16. The number of carbonyl (C=O) groups is 2. The highest BCUT2D eigenvalue weighted by Gasteiger charge is 2.38. The van der Waals surface area contributed by atoms with Crippen molar-refractivity contribution in [1.29, 1.82) is 0 Å². The van der Waals surface area contributed by atoms with Gasteiger partial charge in [-0.15, -0.1) is 0 Å². The van der Waals surface area contributed by atoms with Gasteiger partial charge in [0.15, 0.2) is 0 Å². The lowest BCUT2D eigenvalue weighted by Crippen LogP contribution is -2.48. The Morgan fingerprint density at radius 3 is 2.45 bits per heavy atom. The van der Waals surface area contributed by atoms with E-state index in [0.717, 1.165) is 0 Å². The molecule has 0 aromatic carbocycles. The van der Waals surface area contributed by atoms with E-state index in [-0.39, 0.29) is 5.15 Å². The van der Waals surface area contributed by atoms with Gasteiger partial charge in [0.05, 0.1) is 0 Å². The van der Waals surface area contributed by atoms with Gasteiger partial charge in [0.25, 0.3) is 0 Å². The highest BCUT2D eigenvalue weighted by atomic mass is 35.5. The van der Waals surface area contributed by atoms with Crippen LogP contribution in [0.4, 0.5) is 4.79 Å². The Hall–Kier alpha value is -1.62. The third kappa shape index (κ3) is 3.48. The highest BCUT2D eigenvalue weighted by Crippen LogP contribution is 2.30. The van der Waals surface area contributed by atoms with Crippen molar-refractivity contribution in [2.24, 2.45) is 0 Å². The molecule has 1 amide bonds. The number of amides is 1. The van der Waals surface area contributed by atoms with E-state index in [4.69, 9.17) is 16.3 Å². The number of aromatic nitrogens is 1. The summed E-state index contributed by atoms with van der Waals surface area (Å²) in [6.07, 6.45) is 1.57. The zero-order chi connectivity index (χ0) is 15.6. The first-order valence-corrected chi connectivity index (χ1v) is 6.54. The summed E-state index contributed by atoms with van der Waals surface area (Å²) < 4.78 is 5.27. The first kappa shape index (κ1) is 16.4. The summed E-state index contributed by atoms with van der Waals surface area (Å²) in [5.74, 6) is 0. The van der Waals surface area contributed by atoms with Gasteiger partial charge in [-0.2, -0.15) is 0 Å². The molecule has 0 bridgehead atoms. The SMILES string of the molecule is CN(C(=O)OC(C)(C)C)C(C)(C=O)c1cccnc1Cl. The van der Waals surface area contributed by atoms with Crippen molar-refractivity contribution in [2.45, 2.75) is 38.8 Å². The fraction of sp³-hybridized carbons (Fsp3) is 0.500. The van der Waals surface area contributed by atoms with E-state index < -0.39 is 17.2 Å². The molecule has 0 fully saturated rings. The van der Waals surface area contributed by atoms with Gasteiger partial charge in [0.1, 0.15) is 22.6 Å². The van der Waals surface area contributed by atoms with Crippen LogP contribution in [0.5, 0.6) is 0 Å². The summed E-state index contributed by atoms with van der Waals surface area (Å²) in [4.78, 5) is 28.8. The molecule has 5 nitrogen and oxygen atoms in total. The van der Waals surface area contributed by atoms with Gasteiger partial charge in [0.2, 0.25) is 0 Å². The molecule has 1 aromatic heterocycles. The van der Waals surface area contributed by atoms with E-state index in [9.17, 15) is 9.59 Å². The van der Waals surface area contributed by atoms with Crippen molar-refractivity contribution < 1.29 is 14.3 Å². The molecule has 1 aromatic rings. The quantitative estimate of drug-likeness (QED) is 0.636. The third-order valence-electron chi connectivity index (χ3n) is 2.90. The van der Waals surface area contributed by atoms with E-state index in [1.807, 2.05) is 0 Å². The molecule has 1 atom stereocenters. The lowest BCUT2D eigenvalue weighted by Gasteiger charge is -2.35. The minimum atomic E-state index is -1.24. The van der Waals surface area contributed by atoms with Crippen LogP contribution in [0.25, 0.3) is 0 Å². The molecule has 110 valence electrons. The van der Waals surface area contributed by atoms with Gasteiger partial charge < -0.3 is 9.53 Å².